The molecule has 1 aliphatic rings. The predicted octanol–water partition coefficient (Wildman–Crippen LogP) is -2.42. The number of hydrogen-bond acceptors (Lipinski definition) is 6. The molecule has 0 aromatic carbocycles. The van der Waals surface area contributed by atoms with Crippen LogP contribution >= 0.6 is 0 Å². The van der Waals surface area contributed by atoms with Crippen molar-refractivity contribution in [2.24, 2.45) is 0 Å². The standard InChI is InChI=1S/C9H17NO6/c1-5-6(12)7(13)8(14)9(16-5)15-3-2-10-4-11/h4-9,12-14H,2-3H2,1H3,(H,10,11). The van der Waals surface area contributed by atoms with Crippen LogP contribution in [-0.2, 0) is 14.3 Å². The van der Waals surface area contributed by atoms with E-state index >= 15 is 0 Å². The highest BCUT2D eigenvalue weighted by Crippen LogP contribution is 2.21. The van der Waals surface area contributed by atoms with Gasteiger partial charge in [-0.05, 0) is 6.92 Å². The molecule has 7 heteroatoms. The maximum absolute atomic E-state index is 9.95. The molecule has 5 unspecified atom stereocenters. The zero-order chi connectivity index (χ0) is 12.1. The fourth-order valence-electron chi connectivity index (χ4n) is 1.44. The molecule has 1 aliphatic heterocycles. The smallest absolute Gasteiger partial charge is 0.207 e. The molecule has 0 radical (unpaired) electrons. The first-order valence-corrected chi connectivity index (χ1v) is 5.06. The number of aliphatic hydroxyl groups excluding tert-OH is 3. The van der Waals surface area contributed by atoms with Gasteiger partial charge in [0.2, 0.25) is 6.41 Å². The van der Waals surface area contributed by atoms with Crippen molar-refractivity contribution in [1.82, 2.24) is 5.32 Å². The SMILES string of the molecule is CC1OC(OCCNC=O)C(O)C(O)C1O. The molecule has 0 aromatic rings. The Labute approximate surface area is 93.0 Å². The minimum atomic E-state index is -1.30. The first-order chi connectivity index (χ1) is 7.57. The van der Waals surface area contributed by atoms with E-state index < -0.39 is 30.7 Å². The van der Waals surface area contributed by atoms with E-state index in [1.807, 2.05) is 0 Å². The molecule has 94 valence electrons. The summed E-state index contributed by atoms with van der Waals surface area (Å²) < 4.78 is 10.3. The topological polar surface area (TPSA) is 108 Å². The summed E-state index contributed by atoms with van der Waals surface area (Å²) in [6.07, 6.45) is -4.83. The molecular formula is C9H17NO6. The summed E-state index contributed by atoms with van der Waals surface area (Å²) in [7, 11) is 0. The van der Waals surface area contributed by atoms with E-state index in [0.717, 1.165) is 0 Å². The van der Waals surface area contributed by atoms with Gasteiger partial charge in [-0.25, -0.2) is 0 Å². The highest BCUT2D eigenvalue weighted by atomic mass is 16.7. The van der Waals surface area contributed by atoms with Gasteiger partial charge in [0.05, 0.1) is 12.7 Å². The normalized spacial score (nSPS) is 39.4. The molecule has 7 nitrogen and oxygen atoms in total. The lowest BCUT2D eigenvalue weighted by Gasteiger charge is -2.38. The Bertz CT molecular complexity index is 226. The molecule has 1 fully saturated rings. The highest BCUT2D eigenvalue weighted by Gasteiger charge is 2.42. The van der Waals surface area contributed by atoms with Crippen LogP contribution in [0.25, 0.3) is 0 Å². The van der Waals surface area contributed by atoms with E-state index in [0.29, 0.717) is 6.41 Å². The highest BCUT2D eigenvalue weighted by molar-refractivity contribution is 5.45. The van der Waals surface area contributed by atoms with Gasteiger partial charge >= 0.3 is 0 Å². The van der Waals surface area contributed by atoms with Crippen molar-refractivity contribution in [3.8, 4) is 0 Å². The molecule has 1 amide bonds. The Morgan fingerprint density at radius 2 is 2.00 bits per heavy atom. The van der Waals surface area contributed by atoms with Gasteiger partial charge in [-0.3, -0.25) is 4.79 Å². The lowest BCUT2D eigenvalue weighted by atomic mass is 10.0. The summed E-state index contributed by atoms with van der Waals surface area (Å²) in [4.78, 5) is 9.95. The van der Waals surface area contributed by atoms with Crippen LogP contribution in [0.1, 0.15) is 6.92 Å². The lowest BCUT2D eigenvalue weighted by Crippen LogP contribution is -2.57. The third-order valence-corrected chi connectivity index (χ3v) is 2.42. The van der Waals surface area contributed by atoms with E-state index in [1.165, 1.54) is 0 Å². The summed E-state index contributed by atoms with van der Waals surface area (Å²) in [5, 5.41) is 30.8. The Hall–Kier alpha value is -0.730. The van der Waals surface area contributed by atoms with Crippen molar-refractivity contribution in [2.75, 3.05) is 13.2 Å². The first-order valence-electron chi connectivity index (χ1n) is 5.06. The Morgan fingerprint density at radius 1 is 1.31 bits per heavy atom. The number of ether oxygens (including phenoxy) is 2. The Kier molecular flexibility index (Phi) is 5.10. The third-order valence-electron chi connectivity index (χ3n) is 2.42. The second kappa shape index (κ2) is 6.12. The van der Waals surface area contributed by atoms with Crippen LogP contribution in [0.4, 0.5) is 0 Å². The summed E-state index contributed by atoms with van der Waals surface area (Å²) >= 11 is 0. The van der Waals surface area contributed by atoms with Crippen molar-refractivity contribution < 1.29 is 29.6 Å². The molecule has 0 spiro atoms. The van der Waals surface area contributed by atoms with Gasteiger partial charge in [0.1, 0.15) is 18.3 Å². The Balaban J connectivity index is 2.38. The third kappa shape index (κ3) is 3.13. The van der Waals surface area contributed by atoms with E-state index in [9.17, 15) is 20.1 Å². The minimum absolute atomic E-state index is 0.149. The maximum Gasteiger partial charge on any atom is 0.207 e. The number of carbonyl (C=O) groups is 1. The zero-order valence-electron chi connectivity index (χ0n) is 8.94. The van der Waals surface area contributed by atoms with Gasteiger partial charge in [-0.2, -0.15) is 0 Å². The molecule has 0 aromatic heterocycles. The van der Waals surface area contributed by atoms with Crippen molar-refractivity contribution in [1.29, 1.82) is 0 Å². The van der Waals surface area contributed by atoms with Gasteiger partial charge in [0, 0.05) is 6.54 Å². The molecule has 0 saturated carbocycles. The van der Waals surface area contributed by atoms with Gasteiger partial charge < -0.3 is 30.1 Å². The van der Waals surface area contributed by atoms with Crippen molar-refractivity contribution in [3.05, 3.63) is 0 Å². The van der Waals surface area contributed by atoms with Crippen LogP contribution in [0.15, 0.2) is 0 Å². The predicted molar refractivity (Wildman–Crippen MR) is 52.4 cm³/mol. The number of carbonyl (C=O) groups excluding carboxylic acids is 1. The van der Waals surface area contributed by atoms with Crippen LogP contribution in [0.3, 0.4) is 0 Å². The molecule has 1 rings (SSSR count). The van der Waals surface area contributed by atoms with Gasteiger partial charge in [-0.15, -0.1) is 0 Å². The monoisotopic (exact) mass is 235 g/mol. The van der Waals surface area contributed by atoms with Crippen molar-refractivity contribution in [3.63, 3.8) is 0 Å². The second-order valence-corrected chi connectivity index (χ2v) is 3.62. The zero-order valence-corrected chi connectivity index (χ0v) is 8.94. The van der Waals surface area contributed by atoms with E-state index in [-0.39, 0.29) is 13.2 Å². The number of rotatable bonds is 5. The van der Waals surface area contributed by atoms with E-state index in [4.69, 9.17) is 9.47 Å². The number of hydrogen-bond donors (Lipinski definition) is 4. The molecule has 4 N–H and O–H groups in total. The number of amides is 1. The molecule has 0 aliphatic carbocycles. The average molecular weight is 235 g/mol. The van der Waals surface area contributed by atoms with Crippen LogP contribution in [0, 0.1) is 0 Å². The van der Waals surface area contributed by atoms with Crippen molar-refractivity contribution >= 4 is 6.41 Å². The fraction of sp³-hybridized carbons (Fsp3) is 0.889. The van der Waals surface area contributed by atoms with Gasteiger partial charge in [-0.1, -0.05) is 0 Å². The maximum atomic E-state index is 9.95. The molecule has 16 heavy (non-hydrogen) atoms. The van der Waals surface area contributed by atoms with Crippen LogP contribution in [0.2, 0.25) is 0 Å². The van der Waals surface area contributed by atoms with Crippen LogP contribution in [-0.4, -0.2) is 65.6 Å². The molecule has 1 heterocycles. The number of aliphatic hydroxyl groups is 3. The summed E-state index contributed by atoms with van der Waals surface area (Å²) in [6, 6.07) is 0. The lowest BCUT2D eigenvalue weighted by molar-refractivity contribution is -0.292. The summed E-state index contributed by atoms with van der Waals surface area (Å²) in [6.45, 7) is 2.00. The summed E-state index contributed by atoms with van der Waals surface area (Å²) in [5.74, 6) is 0. The molecule has 1 saturated heterocycles. The molecule has 0 bridgehead atoms. The van der Waals surface area contributed by atoms with Gasteiger partial charge in [0.25, 0.3) is 0 Å². The fourth-order valence-corrected chi connectivity index (χ4v) is 1.44. The van der Waals surface area contributed by atoms with E-state index in [2.05, 4.69) is 5.32 Å². The van der Waals surface area contributed by atoms with Crippen LogP contribution in [0.5, 0.6) is 0 Å². The van der Waals surface area contributed by atoms with E-state index in [1.54, 1.807) is 6.92 Å². The van der Waals surface area contributed by atoms with Gasteiger partial charge in [0.15, 0.2) is 6.29 Å². The number of nitrogens with one attached hydrogen (secondary N) is 1. The largest absolute Gasteiger partial charge is 0.388 e. The van der Waals surface area contributed by atoms with Crippen LogP contribution < -0.4 is 5.32 Å². The minimum Gasteiger partial charge on any atom is -0.388 e. The molecule has 5 atom stereocenters. The first kappa shape index (κ1) is 13.3. The quantitative estimate of drug-likeness (QED) is 0.312. The summed E-state index contributed by atoms with van der Waals surface area (Å²) in [5.41, 5.74) is 0. The Morgan fingerprint density at radius 3 is 2.62 bits per heavy atom. The van der Waals surface area contributed by atoms with Crippen molar-refractivity contribution in [2.45, 2.75) is 37.6 Å². The average Bonchev–Trinajstić information content (AvgIpc) is 2.28. The second-order valence-electron chi connectivity index (χ2n) is 3.62. The molecular weight excluding hydrogens is 218 g/mol.